The minimum Gasteiger partial charge on any atom is -0.358 e. The number of hydrogen-bond donors (Lipinski definition) is 2. The van der Waals surface area contributed by atoms with Crippen LogP contribution < -0.4 is 5.32 Å². The molecule has 1 aromatic heterocycles. The van der Waals surface area contributed by atoms with Crippen molar-refractivity contribution in [2.45, 2.75) is 20.0 Å². The third-order valence-corrected chi connectivity index (χ3v) is 4.36. The van der Waals surface area contributed by atoms with Gasteiger partial charge in [0.2, 0.25) is 0 Å². The second-order valence-corrected chi connectivity index (χ2v) is 6.28. The molecule has 0 unspecified atom stereocenters. The van der Waals surface area contributed by atoms with E-state index in [0.29, 0.717) is 16.9 Å². The van der Waals surface area contributed by atoms with Gasteiger partial charge in [-0.15, -0.1) is 0 Å². The van der Waals surface area contributed by atoms with Gasteiger partial charge in [0.25, 0.3) is 5.91 Å². The Labute approximate surface area is 138 Å². The number of aromatic nitrogens is 1. The van der Waals surface area contributed by atoms with Gasteiger partial charge in [-0.3, -0.25) is 4.79 Å². The SMILES string of the molecule is Cc1[nH]c(/C=C2\C(=O)Nc3ccc(Br)cc32)c(C(F)(F)F)c1C. The molecule has 1 aliphatic rings. The van der Waals surface area contributed by atoms with Crippen molar-refractivity contribution in [1.82, 2.24) is 4.98 Å². The highest BCUT2D eigenvalue weighted by atomic mass is 79.9. The van der Waals surface area contributed by atoms with E-state index in [9.17, 15) is 18.0 Å². The molecule has 0 aliphatic carbocycles. The second-order valence-electron chi connectivity index (χ2n) is 5.36. The maximum atomic E-state index is 13.3. The molecular formula is C16H12BrF3N2O. The topological polar surface area (TPSA) is 44.9 Å². The van der Waals surface area contributed by atoms with Gasteiger partial charge < -0.3 is 10.3 Å². The van der Waals surface area contributed by atoms with Crippen molar-refractivity contribution >= 4 is 39.2 Å². The summed E-state index contributed by atoms with van der Waals surface area (Å²) < 4.78 is 40.6. The fourth-order valence-corrected chi connectivity index (χ4v) is 3.03. The smallest absolute Gasteiger partial charge is 0.358 e. The number of hydrogen-bond acceptors (Lipinski definition) is 1. The molecule has 0 fully saturated rings. The number of aromatic amines is 1. The quantitative estimate of drug-likeness (QED) is 0.674. The predicted molar refractivity (Wildman–Crippen MR) is 85.9 cm³/mol. The molecule has 120 valence electrons. The van der Waals surface area contributed by atoms with E-state index in [4.69, 9.17) is 0 Å². The summed E-state index contributed by atoms with van der Waals surface area (Å²) in [5, 5.41) is 2.65. The first-order chi connectivity index (χ1) is 10.7. The number of carbonyl (C=O) groups excluding carboxylic acids is 1. The van der Waals surface area contributed by atoms with Crippen LogP contribution in [0.1, 0.15) is 28.1 Å². The number of carbonyl (C=O) groups is 1. The fourth-order valence-electron chi connectivity index (χ4n) is 2.67. The number of aryl methyl sites for hydroxylation is 1. The summed E-state index contributed by atoms with van der Waals surface area (Å²) in [6.45, 7) is 2.99. The molecule has 3 nitrogen and oxygen atoms in total. The second kappa shape index (κ2) is 5.26. The summed E-state index contributed by atoms with van der Waals surface area (Å²) in [7, 11) is 0. The van der Waals surface area contributed by atoms with E-state index in [1.807, 2.05) is 0 Å². The molecule has 0 spiro atoms. The Balaban J connectivity index is 2.20. The van der Waals surface area contributed by atoms with Crippen LogP contribution in [0.25, 0.3) is 11.6 Å². The van der Waals surface area contributed by atoms with Crippen LogP contribution >= 0.6 is 15.9 Å². The van der Waals surface area contributed by atoms with E-state index in [-0.39, 0.29) is 16.8 Å². The van der Waals surface area contributed by atoms with E-state index in [2.05, 4.69) is 26.2 Å². The fraction of sp³-hybridized carbons (Fsp3) is 0.188. The van der Waals surface area contributed by atoms with Crippen molar-refractivity contribution in [2.75, 3.05) is 5.32 Å². The van der Waals surface area contributed by atoms with E-state index in [1.54, 1.807) is 25.1 Å². The third kappa shape index (κ3) is 2.69. The molecule has 0 atom stereocenters. The number of benzene rings is 1. The number of H-pyrrole nitrogens is 1. The van der Waals surface area contributed by atoms with Crippen LogP contribution in [-0.4, -0.2) is 10.9 Å². The molecule has 2 N–H and O–H groups in total. The molecule has 0 bridgehead atoms. The summed E-state index contributed by atoms with van der Waals surface area (Å²) in [5.41, 5.74) is 1.08. The lowest BCUT2D eigenvalue weighted by Gasteiger charge is -2.08. The molecule has 23 heavy (non-hydrogen) atoms. The Morgan fingerprint density at radius 1 is 1.22 bits per heavy atom. The van der Waals surface area contributed by atoms with Gasteiger partial charge in [-0.2, -0.15) is 13.2 Å². The first-order valence-electron chi connectivity index (χ1n) is 6.78. The van der Waals surface area contributed by atoms with Crippen molar-refractivity contribution in [2.24, 2.45) is 0 Å². The average molecular weight is 385 g/mol. The highest BCUT2D eigenvalue weighted by Crippen LogP contribution is 2.39. The van der Waals surface area contributed by atoms with Gasteiger partial charge in [0.05, 0.1) is 16.8 Å². The molecule has 1 aliphatic heterocycles. The lowest BCUT2D eigenvalue weighted by atomic mass is 10.0. The zero-order valence-corrected chi connectivity index (χ0v) is 13.8. The van der Waals surface area contributed by atoms with Gasteiger partial charge in [-0.1, -0.05) is 15.9 Å². The maximum absolute atomic E-state index is 13.3. The minimum absolute atomic E-state index is 0.106. The number of anilines is 1. The summed E-state index contributed by atoms with van der Waals surface area (Å²) in [6, 6.07) is 5.16. The number of rotatable bonds is 1. The summed E-state index contributed by atoms with van der Waals surface area (Å²) in [4.78, 5) is 14.8. The van der Waals surface area contributed by atoms with Gasteiger partial charge in [0, 0.05) is 21.4 Å². The molecule has 1 amide bonds. The zero-order valence-electron chi connectivity index (χ0n) is 12.2. The normalized spacial score (nSPS) is 15.9. The minimum atomic E-state index is -4.49. The predicted octanol–water partition coefficient (Wildman–Crippen LogP) is 4.91. The van der Waals surface area contributed by atoms with Crippen molar-refractivity contribution in [1.29, 1.82) is 0 Å². The van der Waals surface area contributed by atoms with E-state index in [1.165, 1.54) is 13.0 Å². The molecule has 1 aromatic carbocycles. The Hall–Kier alpha value is -2.02. The third-order valence-electron chi connectivity index (χ3n) is 3.87. The number of nitrogens with one attached hydrogen (secondary N) is 2. The molecule has 7 heteroatoms. The summed E-state index contributed by atoms with van der Waals surface area (Å²) >= 11 is 3.31. The van der Waals surface area contributed by atoms with Gasteiger partial charge in [0.15, 0.2) is 0 Å². The zero-order chi connectivity index (χ0) is 16.9. The maximum Gasteiger partial charge on any atom is 0.418 e. The Morgan fingerprint density at radius 3 is 2.57 bits per heavy atom. The number of amides is 1. The Bertz CT molecular complexity index is 850. The molecule has 0 saturated carbocycles. The lowest BCUT2D eigenvalue weighted by Crippen LogP contribution is -2.08. The van der Waals surface area contributed by atoms with Crippen LogP contribution in [0.3, 0.4) is 0 Å². The molecular weight excluding hydrogens is 373 g/mol. The number of fused-ring (bicyclic) bond motifs is 1. The van der Waals surface area contributed by atoms with Crippen LogP contribution in [0, 0.1) is 13.8 Å². The van der Waals surface area contributed by atoms with Crippen molar-refractivity contribution < 1.29 is 18.0 Å². The van der Waals surface area contributed by atoms with Gasteiger partial charge in [0.1, 0.15) is 0 Å². The average Bonchev–Trinajstić information content (AvgIpc) is 2.88. The van der Waals surface area contributed by atoms with Crippen molar-refractivity contribution in [3.63, 3.8) is 0 Å². The first kappa shape index (κ1) is 15.9. The van der Waals surface area contributed by atoms with Crippen molar-refractivity contribution in [3.8, 4) is 0 Å². The van der Waals surface area contributed by atoms with Crippen LogP contribution in [-0.2, 0) is 11.0 Å². The van der Waals surface area contributed by atoms with E-state index < -0.39 is 17.6 Å². The number of halogens is 4. The molecule has 0 radical (unpaired) electrons. The summed E-state index contributed by atoms with van der Waals surface area (Å²) in [6.07, 6.45) is -3.23. The lowest BCUT2D eigenvalue weighted by molar-refractivity contribution is -0.138. The highest BCUT2D eigenvalue weighted by molar-refractivity contribution is 9.10. The van der Waals surface area contributed by atoms with Crippen LogP contribution in [0.2, 0.25) is 0 Å². The van der Waals surface area contributed by atoms with Gasteiger partial charge in [-0.25, -0.2) is 0 Å². The van der Waals surface area contributed by atoms with Crippen LogP contribution in [0.15, 0.2) is 22.7 Å². The van der Waals surface area contributed by atoms with E-state index in [0.717, 1.165) is 4.47 Å². The largest absolute Gasteiger partial charge is 0.418 e. The van der Waals surface area contributed by atoms with Gasteiger partial charge >= 0.3 is 6.18 Å². The summed E-state index contributed by atoms with van der Waals surface area (Å²) in [5.74, 6) is -0.420. The van der Waals surface area contributed by atoms with Gasteiger partial charge in [-0.05, 0) is 43.7 Å². The van der Waals surface area contributed by atoms with Crippen molar-refractivity contribution in [3.05, 3.63) is 50.8 Å². The molecule has 0 saturated heterocycles. The van der Waals surface area contributed by atoms with E-state index >= 15 is 0 Å². The standard InChI is InChI=1S/C16H12BrF3N2O/c1-7-8(2)21-13(14(7)16(18,19)20)6-11-10-5-9(17)3-4-12(10)22-15(11)23/h3-6,21H,1-2H3,(H,22,23)/b11-6-. The van der Waals surface area contributed by atoms with Crippen LogP contribution in [0.5, 0.6) is 0 Å². The highest BCUT2D eigenvalue weighted by Gasteiger charge is 2.37. The molecule has 3 rings (SSSR count). The number of alkyl halides is 3. The van der Waals surface area contributed by atoms with Crippen LogP contribution in [0.4, 0.5) is 18.9 Å². The first-order valence-corrected chi connectivity index (χ1v) is 7.57. The Morgan fingerprint density at radius 2 is 1.91 bits per heavy atom. The monoisotopic (exact) mass is 384 g/mol. The Kier molecular flexibility index (Phi) is 3.63. The molecule has 2 heterocycles. The molecule has 2 aromatic rings.